The molecule has 4 aromatic rings. The van der Waals surface area contributed by atoms with Crippen LogP contribution in [0.1, 0.15) is 0 Å². The molecule has 0 aliphatic rings. The second-order valence-corrected chi connectivity index (χ2v) is 9.14. The van der Waals surface area contributed by atoms with E-state index in [-0.39, 0.29) is 0 Å². The highest BCUT2D eigenvalue weighted by atomic mass is 28.4. The molecule has 0 saturated carbocycles. The number of fused-ring (bicyclic) bond motifs is 1. The van der Waals surface area contributed by atoms with Crippen LogP contribution in [0.4, 0.5) is 0 Å². The van der Waals surface area contributed by atoms with Crippen LogP contribution in [0.5, 0.6) is 11.5 Å². The summed E-state index contributed by atoms with van der Waals surface area (Å²) >= 11 is 0. The van der Waals surface area contributed by atoms with Crippen molar-refractivity contribution in [2.75, 3.05) is 0 Å². The quantitative estimate of drug-likeness (QED) is 0.453. The zero-order chi connectivity index (χ0) is 17.8. The third-order valence-corrected chi connectivity index (χ3v) is 7.06. The zero-order valence-corrected chi connectivity index (χ0v) is 15.6. The first-order valence-electron chi connectivity index (χ1n) is 8.71. The molecular formula is C23H20O2Si. The molecule has 0 aliphatic carbocycles. The molecule has 26 heavy (non-hydrogen) atoms. The minimum atomic E-state index is -2.77. The molecule has 0 atom stereocenters. The smallest absolute Gasteiger partial charge is 0.493 e. The summed E-state index contributed by atoms with van der Waals surface area (Å²) in [5, 5.41) is 3.50. The van der Waals surface area contributed by atoms with E-state index in [4.69, 9.17) is 8.85 Å². The van der Waals surface area contributed by atoms with Crippen molar-refractivity contribution in [1.82, 2.24) is 0 Å². The van der Waals surface area contributed by atoms with Gasteiger partial charge in [0, 0.05) is 11.7 Å². The average Bonchev–Trinajstić information content (AvgIpc) is 2.69. The van der Waals surface area contributed by atoms with E-state index in [1.807, 2.05) is 60.7 Å². The molecule has 0 amide bonds. The SMILES string of the molecule is C[Si](Oc1ccccc1)(Oc1ccccc1)c1cccc2ccccc12. The van der Waals surface area contributed by atoms with Gasteiger partial charge < -0.3 is 8.85 Å². The molecule has 128 valence electrons. The molecule has 0 spiro atoms. The van der Waals surface area contributed by atoms with Gasteiger partial charge in [-0.2, -0.15) is 0 Å². The second-order valence-electron chi connectivity index (χ2n) is 6.30. The molecule has 0 aliphatic heterocycles. The van der Waals surface area contributed by atoms with E-state index in [1.54, 1.807) is 0 Å². The number of benzene rings is 4. The first kappa shape index (κ1) is 16.4. The summed E-state index contributed by atoms with van der Waals surface area (Å²) < 4.78 is 13.0. The van der Waals surface area contributed by atoms with Crippen LogP contribution in [-0.2, 0) is 0 Å². The summed E-state index contributed by atoms with van der Waals surface area (Å²) in [6, 6.07) is 34.5. The van der Waals surface area contributed by atoms with E-state index in [9.17, 15) is 0 Å². The van der Waals surface area contributed by atoms with Crippen LogP contribution in [0.3, 0.4) is 0 Å². The van der Waals surface area contributed by atoms with Gasteiger partial charge >= 0.3 is 8.56 Å². The molecule has 0 fully saturated rings. The Balaban J connectivity index is 1.84. The highest BCUT2D eigenvalue weighted by molar-refractivity contribution is 6.83. The maximum absolute atomic E-state index is 6.52. The standard InChI is InChI=1S/C23H20O2Si/c1-26(24-20-13-4-2-5-14-20,25-21-15-6-3-7-16-21)23-18-10-12-19-11-8-9-17-22(19)23/h2-18H,1H3. The lowest BCUT2D eigenvalue weighted by molar-refractivity contribution is 0.409. The Kier molecular flexibility index (Phi) is 4.46. The average molecular weight is 356 g/mol. The van der Waals surface area contributed by atoms with Crippen molar-refractivity contribution in [3.8, 4) is 11.5 Å². The Morgan fingerprint density at radius 3 is 1.65 bits per heavy atom. The summed E-state index contributed by atoms with van der Waals surface area (Å²) in [7, 11) is -2.77. The number of rotatable bonds is 5. The lowest BCUT2D eigenvalue weighted by atomic mass is 10.1. The van der Waals surface area contributed by atoms with Gasteiger partial charge in [0.25, 0.3) is 0 Å². The fraction of sp³-hybridized carbons (Fsp3) is 0.0435. The fourth-order valence-corrected chi connectivity index (χ4v) is 5.73. The van der Waals surface area contributed by atoms with E-state index in [0.717, 1.165) is 16.7 Å². The number of hydrogen-bond acceptors (Lipinski definition) is 2. The summed E-state index contributed by atoms with van der Waals surface area (Å²) in [4.78, 5) is 0. The maximum Gasteiger partial charge on any atom is 0.493 e. The minimum absolute atomic E-state index is 0.825. The van der Waals surface area contributed by atoms with Gasteiger partial charge in [-0.3, -0.25) is 0 Å². The van der Waals surface area contributed by atoms with Gasteiger partial charge in [-0.1, -0.05) is 78.9 Å². The number of para-hydroxylation sites is 2. The number of hydrogen-bond donors (Lipinski definition) is 0. The predicted octanol–water partition coefficient (Wildman–Crippen LogP) is 5.28. The van der Waals surface area contributed by atoms with E-state index in [2.05, 4.69) is 49.0 Å². The van der Waals surface area contributed by atoms with Crippen molar-refractivity contribution in [1.29, 1.82) is 0 Å². The van der Waals surface area contributed by atoms with Crippen molar-refractivity contribution in [3.05, 3.63) is 103 Å². The summed E-state index contributed by atoms with van der Waals surface area (Å²) in [6.45, 7) is 2.11. The van der Waals surface area contributed by atoms with Crippen molar-refractivity contribution >= 4 is 24.5 Å². The van der Waals surface area contributed by atoms with Crippen molar-refractivity contribution in [3.63, 3.8) is 0 Å². The van der Waals surface area contributed by atoms with Gasteiger partial charge in [0.1, 0.15) is 11.5 Å². The highest BCUT2D eigenvalue weighted by Crippen LogP contribution is 2.23. The highest BCUT2D eigenvalue weighted by Gasteiger charge is 2.40. The molecule has 0 radical (unpaired) electrons. The molecule has 0 saturated heterocycles. The lowest BCUT2D eigenvalue weighted by Crippen LogP contribution is -2.57. The Bertz CT molecular complexity index is 953. The van der Waals surface area contributed by atoms with Crippen LogP contribution in [0, 0.1) is 0 Å². The predicted molar refractivity (Wildman–Crippen MR) is 109 cm³/mol. The Labute approximate surface area is 154 Å². The van der Waals surface area contributed by atoms with Crippen LogP contribution in [0.15, 0.2) is 103 Å². The van der Waals surface area contributed by atoms with Gasteiger partial charge in [0.05, 0.1) is 0 Å². The van der Waals surface area contributed by atoms with E-state index in [0.29, 0.717) is 0 Å². The maximum atomic E-state index is 6.52. The van der Waals surface area contributed by atoms with Gasteiger partial charge in [0.15, 0.2) is 0 Å². The molecule has 0 N–H and O–H groups in total. The molecule has 3 heteroatoms. The van der Waals surface area contributed by atoms with Crippen LogP contribution in [-0.4, -0.2) is 8.56 Å². The van der Waals surface area contributed by atoms with Gasteiger partial charge in [-0.05, 0) is 35.0 Å². The van der Waals surface area contributed by atoms with Crippen LogP contribution in [0.25, 0.3) is 10.8 Å². The van der Waals surface area contributed by atoms with E-state index in [1.165, 1.54) is 10.8 Å². The topological polar surface area (TPSA) is 18.5 Å². The van der Waals surface area contributed by atoms with Crippen LogP contribution >= 0.6 is 0 Å². The molecule has 4 rings (SSSR count). The zero-order valence-electron chi connectivity index (χ0n) is 14.6. The first-order chi connectivity index (χ1) is 12.7. The van der Waals surface area contributed by atoms with Crippen molar-refractivity contribution in [2.24, 2.45) is 0 Å². The molecule has 2 nitrogen and oxygen atoms in total. The third kappa shape index (κ3) is 3.34. The molecule has 4 aromatic carbocycles. The van der Waals surface area contributed by atoms with Crippen molar-refractivity contribution < 1.29 is 8.85 Å². The third-order valence-electron chi connectivity index (χ3n) is 4.39. The minimum Gasteiger partial charge on any atom is -0.509 e. The van der Waals surface area contributed by atoms with E-state index < -0.39 is 8.56 Å². The van der Waals surface area contributed by atoms with Crippen LogP contribution in [0.2, 0.25) is 6.55 Å². The molecule has 0 heterocycles. The normalized spacial score (nSPS) is 11.3. The Morgan fingerprint density at radius 2 is 1.04 bits per heavy atom. The lowest BCUT2D eigenvalue weighted by Gasteiger charge is -2.29. The molecule has 0 unspecified atom stereocenters. The largest absolute Gasteiger partial charge is 0.509 e. The van der Waals surface area contributed by atoms with E-state index >= 15 is 0 Å². The summed E-state index contributed by atoms with van der Waals surface area (Å²) in [5.41, 5.74) is 0. The molecular weight excluding hydrogens is 336 g/mol. The van der Waals surface area contributed by atoms with Gasteiger partial charge in [-0.25, -0.2) is 0 Å². The molecule has 0 bridgehead atoms. The molecule has 0 aromatic heterocycles. The summed E-state index contributed by atoms with van der Waals surface area (Å²) in [5.74, 6) is 1.65. The summed E-state index contributed by atoms with van der Waals surface area (Å²) in [6.07, 6.45) is 0. The monoisotopic (exact) mass is 356 g/mol. The Morgan fingerprint density at radius 1 is 0.538 bits per heavy atom. The second kappa shape index (κ2) is 7.06. The van der Waals surface area contributed by atoms with Gasteiger partial charge in [0.2, 0.25) is 0 Å². The van der Waals surface area contributed by atoms with Crippen LogP contribution < -0.4 is 14.0 Å². The Hall–Kier alpha value is -3.04. The fourth-order valence-electron chi connectivity index (χ4n) is 3.18. The van der Waals surface area contributed by atoms with Gasteiger partial charge in [-0.15, -0.1) is 0 Å². The first-order valence-corrected chi connectivity index (χ1v) is 11.0. The van der Waals surface area contributed by atoms with Crippen molar-refractivity contribution in [2.45, 2.75) is 6.55 Å².